The van der Waals surface area contributed by atoms with Gasteiger partial charge in [-0.25, -0.2) is 0 Å². The van der Waals surface area contributed by atoms with E-state index in [0.717, 1.165) is 19.4 Å². The van der Waals surface area contributed by atoms with E-state index in [1.54, 1.807) is 0 Å². The zero-order chi connectivity index (χ0) is 12.0. The molecule has 1 rings (SSSR count). The first kappa shape index (κ1) is 13.7. The first-order chi connectivity index (χ1) is 7.69. The molecule has 0 aromatic heterocycles. The Kier molecular flexibility index (Phi) is 6.03. The van der Waals surface area contributed by atoms with Crippen molar-refractivity contribution in [2.45, 2.75) is 44.8 Å². The molecule has 3 heteroatoms. The van der Waals surface area contributed by atoms with Crippen LogP contribution >= 0.6 is 0 Å². The summed E-state index contributed by atoms with van der Waals surface area (Å²) in [6.07, 6.45) is 5.53. The topological polar surface area (TPSA) is 43.7 Å². The van der Waals surface area contributed by atoms with Gasteiger partial charge in [-0.05, 0) is 38.1 Å². The highest BCUT2D eigenvalue weighted by molar-refractivity contribution is 4.83. The van der Waals surface area contributed by atoms with Crippen LogP contribution in [0.25, 0.3) is 0 Å². The van der Waals surface area contributed by atoms with Gasteiger partial charge < -0.3 is 10.2 Å². The number of aliphatic hydroxyl groups excluding tert-OH is 2. The molecule has 0 radical (unpaired) electrons. The Hall–Kier alpha value is -0.380. The maximum absolute atomic E-state index is 9.86. The second-order valence-corrected chi connectivity index (χ2v) is 4.88. The molecule has 0 aromatic rings. The lowest BCUT2D eigenvalue weighted by molar-refractivity contribution is 0.0153. The van der Waals surface area contributed by atoms with Crippen molar-refractivity contribution in [2.24, 2.45) is 5.92 Å². The van der Waals surface area contributed by atoms with E-state index in [1.807, 2.05) is 6.08 Å². The van der Waals surface area contributed by atoms with E-state index >= 15 is 0 Å². The van der Waals surface area contributed by atoms with Gasteiger partial charge in [-0.1, -0.05) is 13.0 Å². The van der Waals surface area contributed by atoms with Gasteiger partial charge in [-0.3, -0.25) is 4.90 Å². The van der Waals surface area contributed by atoms with Crippen molar-refractivity contribution < 1.29 is 10.2 Å². The van der Waals surface area contributed by atoms with Crippen LogP contribution in [0.2, 0.25) is 0 Å². The van der Waals surface area contributed by atoms with E-state index in [4.69, 9.17) is 0 Å². The van der Waals surface area contributed by atoms with Gasteiger partial charge in [0.1, 0.15) is 0 Å². The van der Waals surface area contributed by atoms with Gasteiger partial charge in [-0.15, -0.1) is 6.58 Å². The zero-order valence-corrected chi connectivity index (χ0v) is 10.3. The summed E-state index contributed by atoms with van der Waals surface area (Å²) in [4.78, 5) is 2.24. The summed E-state index contributed by atoms with van der Waals surface area (Å²) in [6.45, 7) is 7.73. The molecule has 0 amide bonds. The minimum Gasteiger partial charge on any atom is -0.395 e. The molecule has 0 bridgehead atoms. The average molecular weight is 227 g/mol. The Morgan fingerprint density at radius 1 is 1.56 bits per heavy atom. The van der Waals surface area contributed by atoms with Crippen molar-refractivity contribution in [1.82, 2.24) is 4.90 Å². The fourth-order valence-corrected chi connectivity index (χ4v) is 2.53. The number of hydrogen-bond donors (Lipinski definition) is 2. The van der Waals surface area contributed by atoms with Crippen LogP contribution in [-0.2, 0) is 0 Å². The van der Waals surface area contributed by atoms with Crippen LogP contribution in [0.15, 0.2) is 12.7 Å². The number of nitrogens with zero attached hydrogens (tertiary/aromatic N) is 1. The van der Waals surface area contributed by atoms with Crippen LogP contribution in [-0.4, -0.2) is 47.0 Å². The van der Waals surface area contributed by atoms with Gasteiger partial charge >= 0.3 is 0 Å². The Labute approximate surface area is 98.8 Å². The van der Waals surface area contributed by atoms with Crippen LogP contribution in [0.5, 0.6) is 0 Å². The smallest absolute Gasteiger partial charge is 0.0670 e. The maximum atomic E-state index is 9.86. The Morgan fingerprint density at radius 3 is 2.94 bits per heavy atom. The molecule has 94 valence electrons. The highest BCUT2D eigenvalue weighted by atomic mass is 16.3. The minimum absolute atomic E-state index is 0.204. The van der Waals surface area contributed by atoms with Crippen molar-refractivity contribution >= 4 is 0 Å². The largest absolute Gasteiger partial charge is 0.395 e. The normalized spacial score (nSPS) is 28.9. The maximum Gasteiger partial charge on any atom is 0.0670 e. The van der Waals surface area contributed by atoms with Crippen molar-refractivity contribution in [3.63, 3.8) is 0 Å². The van der Waals surface area contributed by atoms with Crippen LogP contribution in [0.1, 0.15) is 32.6 Å². The van der Waals surface area contributed by atoms with Crippen molar-refractivity contribution in [3.8, 4) is 0 Å². The third kappa shape index (κ3) is 3.89. The average Bonchev–Trinajstić information content (AvgIpc) is 2.27. The lowest BCUT2D eigenvalue weighted by atomic mass is 9.91. The van der Waals surface area contributed by atoms with Crippen LogP contribution in [0.4, 0.5) is 0 Å². The van der Waals surface area contributed by atoms with Crippen molar-refractivity contribution in [3.05, 3.63) is 12.7 Å². The molecule has 1 saturated heterocycles. The molecule has 3 nitrogen and oxygen atoms in total. The van der Waals surface area contributed by atoms with Crippen LogP contribution in [0, 0.1) is 5.92 Å². The molecule has 1 fully saturated rings. The highest BCUT2D eigenvalue weighted by Crippen LogP contribution is 2.23. The van der Waals surface area contributed by atoms with Gasteiger partial charge in [0.15, 0.2) is 0 Å². The number of allylic oxidation sites excluding steroid dienone is 1. The molecular weight excluding hydrogens is 202 g/mol. The Morgan fingerprint density at radius 2 is 2.31 bits per heavy atom. The lowest BCUT2D eigenvalue weighted by Crippen LogP contribution is -2.49. The van der Waals surface area contributed by atoms with Crippen LogP contribution in [0.3, 0.4) is 0 Å². The molecule has 1 aliphatic heterocycles. The molecule has 0 spiro atoms. The number of aliphatic hydroxyl groups is 2. The second kappa shape index (κ2) is 7.05. The molecule has 0 aliphatic carbocycles. The summed E-state index contributed by atoms with van der Waals surface area (Å²) in [5.74, 6) is 0.533. The summed E-state index contributed by atoms with van der Waals surface area (Å²) in [5.41, 5.74) is 0. The monoisotopic (exact) mass is 227 g/mol. The van der Waals surface area contributed by atoms with E-state index in [1.165, 1.54) is 12.8 Å². The molecule has 1 aliphatic rings. The summed E-state index contributed by atoms with van der Waals surface area (Å²) in [5, 5.41) is 19.2. The number of likely N-dealkylation sites (tertiary alicyclic amines) is 1. The van der Waals surface area contributed by atoms with Gasteiger partial charge in [0.2, 0.25) is 0 Å². The van der Waals surface area contributed by atoms with Crippen molar-refractivity contribution in [2.75, 3.05) is 19.7 Å². The number of rotatable bonds is 6. The molecule has 2 N–H and O–H groups in total. The SMILES string of the molecule is C=CCC[C@H](O)CN1CCC[C@@H](C)[C@@H]1CO. The third-order valence-corrected chi connectivity index (χ3v) is 3.57. The Bertz CT molecular complexity index is 208. The first-order valence-electron chi connectivity index (χ1n) is 6.33. The van der Waals surface area contributed by atoms with E-state index in [2.05, 4.69) is 18.4 Å². The molecule has 0 unspecified atom stereocenters. The molecule has 0 aromatic carbocycles. The van der Waals surface area contributed by atoms with Crippen molar-refractivity contribution in [1.29, 1.82) is 0 Å². The summed E-state index contributed by atoms with van der Waals surface area (Å²) in [7, 11) is 0. The third-order valence-electron chi connectivity index (χ3n) is 3.57. The molecule has 16 heavy (non-hydrogen) atoms. The van der Waals surface area contributed by atoms with Gasteiger partial charge in [-0.2, -0.15) is 0 Å². The fraction of sp³-hybridized carbons (Fsp3) is 0.846. The van der Waals surface area contributed by atoms with Gasteiger partial charge in [0.25, 0.3) is 0 Å². The van der Waals surface area contributed by atoms with Crippen LogP contribution < -0.4 is 0 Å². The van der Waals surface area contributed by atoms with E-state index in [-0.39, 0.29) is 18.8 Å². The van der Waals surface area contributed by atoms with E-state index in [0.29, 0.717) is 12.5 Å². The van der Waals surface area contributed by atoms with E-state index < -0.39 is 0 Å². The zero-order valence-electron chi connectivity index (χ0n) is 10.3. The molecular formula is C13H25NO2. The second-order valence-electron chi connectivity index (χ2n) is 4.88. The Balaban J connectivity index is 2.40. The number of β-amino-alcohol motifs (C(OH)–C–C–N with tert-alkyl or cyclic N) is 1. The van der Waals surface area contributed by atoms with E-state index in [9.17, 15) is 10.2 Å². The minimum atomic E-state index is -0.294. The molecule has 1 heterocycles. The molecule has 0 saturated carbocycles. The lowest BCUT2D eigenvalue weighted by Gasteiger charge is -2.39. The predicted octanol–water partition coefficient (Wildman–Crippen LogP) is 1.41. The summed E-state index contributed by atoms with van der Waals surface area (Å²) in [6, 6.07) is 0.229. The fourth-order valence-electron chi connectivity index (χ4n) is 2.53. The predicted molar refractivity (Wildman–Crippen MR) is 66.3 cm³/mol. The summed E-state index contributed by atoms with van der Waals surface area (Å²) < 4.78 is 0. The van der Waals surface area contributed by atoms with Gasteiger partial charge in [0, 0.05) is 12.6 Å². The first-order valence-corrected chi connectivity index (χ1v) is 6.33. The highest BCUT2D eigenvalue weighted by Gasteiger charge is 2.28. The van der Waals surface area contributed by atoms with Gasteiger partial charge in [0.05, 0.1) is 12.7 Å². The summed E-state index contributed by atoms with van der Waals surface area (Å²) >= 11 is 0. The number of piperidine rings is 1. The number of hydrogen-bond acceptors (Lipinski definition) is 3. The molecule has 3 atom stereocenters. The standard InChI is InChI=1S/C13H25NO2/c1-3-4-7-12(16)9-14-8-5-6-11(2)13(14)10-15/h3,11-13,15-16H,1,4-10H2,2H3/t11-,12+,13+/m1/s1. The quantitative estimate of drug-likeness (QED) is 0.674.